The van der Waals surface area contributed by atoms with E-state index < -0.39 is 53.8 Å². The van der Waals surface area contributed by atoms with Gasteiger partial charge in [0.25, 0.3) is 5.92 Å². The van der Waals surface area contributed by atoms with E-state index in [4.69, 9.17) is 9.47 Å². The van der Waals surface area contributed by atoms with Gasteiger partial charge in [-0.25, -0.2) is 17.6 Å². The molecule has 2 aromatic rings. The predicted octanol–water partition coefficient (Wildman–Crippen LogP) is 9.77. The standard InChI is InChI=1S/C32H40F6O3/c1-3-5-7-9-11-26-15-12-23(21-39-26)20-31(35,36)22-40-30-17-14-25(18-29(30)34)32(37,38)41-27-16-13-24(28(33)19-27)10-8-6-4-2/h4,6,13-14,16-19,23,26H,3,5,7-12,15,20-22H2,1-2H3/b6-4+. The van der Waals surface area contributed by atoms with E-state index in [0.717, 1.165) is 50.3 Å². The molecular formula is C32H40F6O3. The zero-order valence-corrected chi connectivity index (χ0v) is 23.8. The molecule has 3 rings (SSSR count). The smallest absolute Gasteiger partial charge is 0.426 e. The number of ether oxygens (including phenoxy) is 3. The minimum Gasteiger partial charge on any atom is -0.484 e. The van der Waals surface area contributed by atoms with Crippen molar-refractivity contribution in [3.63, 3.8) is 0 Å². The molecular weight excluding hydrogens is 546 g/mol. The van der Waals surface area contributed by atoms with Crippen LogP contribution < -0.4 is 9.47 Å². The number of halogens is 6. The highest BCUT2D eigenvalue weighted by molar-refractivity contribution is 5.33. The van der Waals surface area contributed by atoms with Crippen molar-refractivity contribution in [3.8, 4) is 11.5 Å². The summed E-state index contributed by atoms with van der Waals surface area (Å²) in [5.41, 5.74) is -0.517. The molecule has 1 aliphatic heterocycles. The predicted molar refractivity (Wildman–Crippen MR) is 147 cm³/mol. The van der Waals surface area contributed by atoms with Crippen molar-refractivity contribution in [3.05, 3.63) is 71.3 Å². The molecule has 1 heterocycles. The fourth-order valence-electron chi connectivity index (χ4n) is 4.92. The first-order valence-electron chi connectivity index (χ1n) is 14.4. The van der Waals surface area contributed by atoms with Crippen LogP contribution in [0.1, 0.15) is 82.8 Å². The maximum atomic E-state index is 14.7. The van der Waals surface area contributed by atoms with E-state index in [1.807, 2.05) is 19.1 Å². The molecule has 0 radical (unpaired) electrons. The third-order valence-corrected chi connectivity index (χ3v) is 7.22. The molecule has 2 unspecified atom stereocenters. The number of alkyl halides is 4. The van der Waals surface area contributed by atoms with E-state index in [1.165, 1.54) is 18.6 Å². The molecule has 0 amide bonds. The first-order valence-corrected chi connectivity index (χ1v) is 14.4. The highest BCUT2D eigenvalue weighted by atomic mass is 19.3. The lowest BCUT2D eigenvalue weighted by molar-refractivity contribution is -0.185. The zero-order valence-electron chi connectivity index (χ0n) is 23.8. The van der Waals surface area contributed by atoms with Gasteiger partial charge in [0.05, 0.1) is 11.7 Å². The summed E-state index contributed by atoms with van der Waals surface area (Å²) in [7, 11) is 0. The highest BCUT2D eigenvalue weighted by Crippen LogP contribution is 2.36. The molecule has 0 saturated carbocycles. The summed E-state index contributed by atoms with van der Waals surface area (Å²) in [6.45, 7) is 3.13. The summed E-state index contributed by atoms with van der Waals surface area (Å²) in [6, 6.07) is 5.56. The molecule has 0 N–H and O–H groups in total. The summed E-state index contributed by atoms with van der Waals surface area (Å²) in [5.74, 6) is -6.52. The summed E-state index contributed by atoms with van der Waals surface area (Å²) in [4.78, 5) is 0. The van der Waals surface area contributed by atoms with Crippen LogP contribution in [0.4, 0.5) is 26.3 Å². The molecule has 0 spiro atoms. The maximum Gasteiger partial charge on any atom is 0.426 e. The Morgan fingerprint density at radius 1 is 0.976 bits per heavy atom. The molecule has 1 aliphatic rings. The Morgan fingerprint density at radius 2 is 1.78 bits per heavy atom. The van der Waals surface area contributed by atoms with Gasteiger partial charge in [-0.05, 0) is 74.8 Å². The van der Waals surface area contributed by atoms with Crippen LogP contribution in [0.25, 0.3) is 0 Å². The van der Waals surface area contributed by atoms with Crippen LogP contribution in [-0.4, -0.2) is 25.2 Å². The van der Waals surface area contributed by atoms with E-state index in [-0.39, 0.29) is 18.6 Å². The monoisotopic (exact) mass is 586 g/mol. The lowest BCUT2D eigenvalue weighted by atomic mass is 9.91. The quantitative estimate of drug-likeness (QED) is 0.111. The van der Waals surface area contributed by atoms with Crippen LogP contribution in [0.15, 0.2) is 48.6 Å². The van der Waals surface area contributed by atoms with Gasteiger partial charge in [0.2, 0.25) is 0 Å². The molecule has 41 heavy (non-hydrogen) atoms. The van der Waals surface area contributed by atoms with Crippen LogP contribution in [0, 0.1) is 17.6 Å². The number of unbranched alkanes of at least 4 members (excludes halogenated alkanes) is 3. The molecule has 0 aromatic heterocycles. The average molecular weight is 587 g/mol. The SMILES string of the molecule is C/C=C/CCc1ccc(OC(F)(F)c2ccc(OCC(F)(F)CC3CCC(CCCCCC)OC3)c(F)c2)cc1F. The molecule has 228 valence electrons. The number of hydrogen-bond acceptors (Lipinski definition) is 3. The Kier molecular flexibility index (Phi) is 12.4. The van der Waals surface area contributed by atoms with E-state index >= 15 is 0 Å². The van der Waals surface area contributed by atoms with Gasteiger partial charge in [-0.2, -0.15) is 8.78 Å². The van der Waals surface area contributed by atoms with Crippen LogP contribution in [0.5, 0.6) is 11.5 Å². The molecule has 3 nitrogen and oxygen atoms in total. The second-order valence-corrected chi connectivity index (χ2v) is 10.7. The van der Waals surface area contributed by atoms with Gasteiger partial charge in [-0.3, -0.25) is 0 Å². The first kappa shape index (κ1) is 32.8. The Labute approximate surface area is 238 Å². The number of aryl methyl sites for hydroxylation is 1. The molecule has 0 bridgehead atoms. The Balaban J connectivity index is 1.50. The maximum absolute atomic E-state index is 14.7. The van der Waals surface area contributed by atoms with Gasteiger partial charge in [0.15, 0.2) is 18.2 Å². The van der Waals surface area contributed by atoms with Gasteiger partial charge >= 0.3 is 6.11 Å². The fraction of sp³-hybridized carbons (Fsp3) is 0.562. The molecule has 9 heteroatoms. The lowest BCUT2D eigenvalue weighted by Crippen LogP contribution is -2.34. The van der Waals surface area contributed by atoms with Crippen molar-refractivity contribution >= 4 is 0 Å². The van der Waals surface area contributed by atoms with Gasteiger partial charge in [-0.1, -0.05) is 50.8 Å². The normalized spacial score (nSPS) is 18.1. The summed E-state index contributed by atoms with van der Waals surface area (Å²) in [5, 5.41) is 0. The van der Waals surface area contributed by atoms with E-state index in [9.17, 15) is 26.3 Å². The van der Waals surface area contributed by atoms with Gasteiger partial charge < -0.3 is 14.2 Å². The third kappa shape index (κ3) is 10.6. The average Bonchev–Trinajstić information content (AvgIpc) is 2.92. The lowest BCUT2D eigenvalue weighted by Gasteiger charge is -2.31. The van der Waals surface area contributed by atoms with Crippen molar-refractivity contribution in [1.82, 2.24) is 0 Å². The second kappa shape index (κ2) is 15.5. The summed E-state index contributed by atoms with van der Waals surface area (Å²) >= 11 is 0. The molecule has 0 aliphatic carbocycles. The number of allylic oxidation sites excluding steroid dienone is 2. The molecule has 2 atom stereocenters. The number of benzene rings is 2. The van der Waals surface area contributed by atoms with Gasteiger partial charge in [0.1, 0.15) is 11.6 Å². The van der Waals surface area contributed by atoms with Crippen molar-refractivity contribution in [2.75, 3.05) is 13.2 Å². The molecule has 2 aromatic carbocycles. The van der Waals surface area contributed by atoms with Gasteiger partial charge in [-0.15, -0.1) is 0 Å². The Bertz CT molecular complexity index is 1110. The van der Waals surface area contributed by atoms with Crippen LogP contribution in [0.2, 0.25) is 0 Å². The summed E-state index contributed by atoms with van der Waals surface area (Å²) in [6.07, 6.45) is 7.13. The van der Waals surface area contributed by atoms with Gasteiger partial charge in [0, 0.05) is 19.1 Å². The highest BCUT2D eigenvalue weighted by Gasteiger charge is 2.38. The van der Waals surface area contributed by atoms with Crippen molar-refractivity contribution in [1.29, 1.82) is 0 Å². The minimum absolute atomic E-state index is 0.106. The zero-order chi connectivity index (χ0) is 29.9. The van der Waals surface area contributed by atoms with E-state index in [2.05, 4.69) is 11.7 Å². The van der Waals surface area contributed by atoms with Crippen molar-refractivity contribution in [2.24, 2.45) is 5.92 Å². The number of hydrogen-bond donors (Lipinski definition) is 0. The second-order valence-electron chi connectivity index (χ2n) is 10.7. The summed E-state index contributed by atoms with van der Waals surface area (Å²) < 4.78 is 103. The van der Waals surface area contributed by atoms with Crippen LogP contribution in [-0.2, 0) is 17.3 Å². The minimum atomic E-state index is -4.00. The Morgan fingerprint density at radius 3 is 2.44 bits per heavy atom. The molecule has 1 saturated heterocycles. The van der Waals surface area contributed by atoms with Crippen molar-refractivity contribution < 1.29 is 40.6 Å². The molecule has 1 fully saturated rings. The van der Waals surface area contributed by atoms with Crippen LogP contribution in [0.3, 0.4) is 0 Å². The number of rotatable bonds is 16. The Hall–Kier alpha value is -2.68. The largest absolute Gasteiger partial charge is 0.484 e. The van der Waals surface area contributed by atoms with E-state index in [1.54, 1.807) is 0 Å². The van der Waals surface area contributed by atoms with Crippen LogP contribution >= 0.6 is 0 Å². The fourth-order valence-corrected chi connectivity index (χ4v) is 4.92. The van der Waals surface area contributed by atoms with E-state index in [0.29, 0.717) is 30.9 Å². The topological polar surface area (TPSA) is 27.7 Å². The third-order valence-electron chi connectivity index (χ3n) is 7.22. The first-order chi connectivity index (χ1) is 19.5. The van der Waals surface area contributed by atoms with Crippen molar-refractivity contribution in [2.45, 2.75) is 96.2 Å².